The maximum atomic E-state index is 13.8. The summed E-state index contributed by atoms with van der Waals surface area (Å²) in [7, 11) is 1.15. The highest BCUT2D eigenvalue weighted by atomic mass is 19.1. The molecule has 2 aromatic carbocycles. The number of ether oxygens (including phenoxy) is 1. The highest BCUT2D eigenvalue weighted by Gasteiger charge is 2.47. The van der Waals surface area contributed by atoms with E-state index in [9.17, 15) is 23.9 Å². The van der Waals surface area contributed by atoms with Crippen molar-refractivity contribution in [3.63, 3.8) is 0 Å². The highest BCUT2D eigenvalue weighted by Crippen LogP contribution is 2.39. The van der Waals surface area contributed by atoms with Crippen molar-refractivity contribution >= 4 is 23.4 Å². The molecule has 27 heavy (non-hydrogen) atoms. The SMILES string of the molecule is COC(=O)CN1C(=O)C(=O)/C(=C(\O)c2ccccc2)C1c1cccc(F)c1. The second-order valence-electron chi connectivity index (χ2n) is 5.92. The number of nitrogens with zero attached hydrogens (tertiary/aromatic N) is 1. The molecule has 0 spiro atoms. The van der Waals surface area contributed by atoms with Crippen LogP contribution in [0.3, 0.4) is 0 Å². The van der Waals surface area contributed by atoms with Crippen molar-refractivity contribution in [3.05, 3.63) is 77.1 Å². The number of carbonyl (C=O) groups excluding carboxylic acids is 3. The zero-order chi connectivity index (χ0) is 19.6. The Labute approximate surface area is 154 Å². The standard InChI is InChI=1S/C20H16FNO5/c1-27-15(23)11-22-17(13-8-5-9-14(21)10-13)16(19(25)20(22)26)18(24)12-6-3-2-4-7-12/h2-10,17,24H,11H2,1H3/b18-16-. The highest BCUT2D eigenvalue weighted by molar-refractivity contribution is 6.46. The van der Waals surface area contributed by atoms with Gasteiger partial charge in [-0.15, -0.1) is 0 Å². The molecule has 0 aliphatic carbocycles. The molecule has 0 saturated carbocycles. The van der Waals surface area contributed by atoms with E-state index in [1.807, 2.05) is 0 Å². The number of aliphatic hydroxyl groups excluding tert-OH is 1. The Morgan fingerprint density at radius 3 is 2.48 bits per heavy atom. The van der Waals surface area contributed by atoms with E-state index in [1.165, 1.54) is 18.2 Å². The Morgan fingerprint density at radius 2 is 1.85 bits per heavy atom. The van der Waals surface area contributed by atoms with E-state index in [4.69, 9.17) is 0 Å². The van der Waals surface area contributed by atoms with E-state index in [2.05, 4.69) is 4.74 Å². The normalized spacial score (nSPS) is 18.6. The molecule has 1 aliphatic rings. The Kier molecular flexibility index (Phi) is 5.03. The Hall–Kier alpha value is -3.48. The fraction of sp³-hybridized carbons (Fsp3) is 0.150. The fourth-order valence-electron chi connectivity index (χ4n) is 3.02. The zero-order valence-electron chi connectivity index (χ0n) is 14.4. The minimum Gasteiger partial charge on any atom is -0.507 e. The minimum absolute atomic E-state index is 0.208. The number of benzene rings is 2. The first-order chi connectivity index (χ1) is 12.9. The lowest BCUT2D eigenvalue weighted by atomic mass is 9.95. The summed E-state index contributed by atoms with van der Waals surface area (Å²) < 4.78 is 18.4. The fourth-order valence-corrected chi connectivity index (χ4v) is 3.02. The smallest absolute Gasteiger partial charge is 0.325 e. The van der Waals surface area contributed by atoms with Crippen molar-refractivity contribution in [2.45, 2.75) is 6.04 Å². The number of carbonyl (C=O) groups is 3. The lowest BCUT2D eigenvalue weighted by Gasteiger charge is -2.24. The van der Waals surface area contributed by atoms with Gasteiger partial charge in [0.2, 0.25) is 0 Å². The number of hydrogen-bond acceptors (Lipinski definition) is 5. The number of aliphatic hydroxyl groups is 1. The molecular formula is C20H16FNO5. The van der Waals surface area contributed by atoms with Crippen LogP contribution in [0.4, 0.5) is 4.39 Å². The number of likely N-dealkylation sites (tertiary alicyclic amines) is 1. The molecule has 3 rings (SSSR count). The minimum atomic E-state index is -1.11. The van der Waals surface area contributed by atoms with Gasteiger partial charge in [-0.25, -0.2) is 4.39 Å². The molecule has 1 aliphatic heterocycles. The molecule has 1 fully saturated rings. The van der Waals surface area contributed by atoms with Gasteiger partial charge in [-0.3, -0.25) is 14.4 Å². The number of halogens is 1. The number of ketones is 1. The summed E-state index contributed by atoms with van der Waals surface area (Å²) in [5.74, 6) is -3.62. The molecule has 1 saturated heterocycles. The molecule has 6 nitrogen and oxygen atoms in total. The van der Waals surface area contributed by atoms with Crippen molar-refractivity contribution in [2.75, 3.05) is 13.7 Å². The van der Waals surface area contributed by atoms with Crippen molar-refractivity contribution in [1.29, 1.82) is 0 Å². The predicted molar refractivity (Wildman–Crippen MR) is 93.9 cm³/mol. The van der Waals surface area contributed by atoms with Gasteiger partial charge in [0.15, 0.2) is 0 Å². The van der Waals surface area contributed by atoms with Crippen molar-refractivity contribution in [2.24, 2.45) is 0 Å². The monoisotopic (exact) mass is 369 g/mol. The molecule has 1 amide bonds. The molecule has 1 heterocycles. The molecule has 2 aromatic rings. The first-order valence-electron chi connectivity index (χ1n) is 8.10. The van der Waals surface area contributed by atoms with Gasteiger partial charge in [0.25, 0.3) is 11.7 Å². The molecule has 0 radical (unpaired) electrons. The molecule has 1 unspecified atom stereocenters. The largest absolute Gasteiger partial charge is 0.507 e. The van der Waals surface area contributed by atoms with E-state index < -0.39 is 41.8 Å². The van der Waals surface area contributed by atoms with Crippen LogP contribution in [0.5, 0.6) is 0 Å². The van der Waals surface area contributed by atoms with E-state index in [1.54, 1.807) is 30.3 Å². The molecule has 1 N–H and O–H groups in total. The molecule has 7 heteroatoms. The number of rotatable bonds is 4. The van der Waals surface area contributed by atoms with Crippen LogP contribution in [0.25, 0.3) is 5.76 Å². The Morgan fingerprint density at radius 1 is 1.15 bits per heavy atom. The number of Topliss-reactive ketones (excluding diaryl/α,β-unsaturated/α-hetero) is 1. The summed E-state index contributed by atoms with van der Waals surface area (Å²) in [6.07, 6.45) is 0. The molecule has 1 atom stereocenters. The van der Waals surface area contributed by atoms with Crippen LogP contribution in [0.15, 0.2) is 60.2 Å². The number of amides is 1. The van der Waals surface area contributed by atoms with Gasteiger partial charge in [0.05, 0.1) is 18.7 Å². The van der Waals surface area contributed by atoms with Crippen LogP contribution < -0.4 is 0 Å². The number of esters is 1. The summed E-state index contributed by atoms with van der Waals surface area (Å²) in [5, 5.41) is 10.7. The van der Waals surface area contributed by atoms with Crippen LogP contribution in [0.1, 0.15) is 17.2 Å². The van der Waals surface area contributed by atoms with E-state index >= 15 is 0 Å². The van der Waals surface area contributed by atoms with Crippen molar-refractivity contribution < 1.29 is 28.6 Å². The lowest BCUT2D eigenvalue weighted by molar-refractivity contribution is -0.148. The van der Waals surface area contributed by atoms with E-state index in [-0.39, 0.29) is 11.1 Å². The average molecular weight is 369 g/mol. The van der Waals surface area contributed by atoms with Gasteiger partial charge in [-0.2, -0.15) is 0 Å². The third-order valence-electron chi connectivity index (χ3n) is 4.28. The Balaban J connectivity index is 2.19. The summed E-state index contributed by atoms with van der Waals surface area (Å²) in [6.45, 7) is -0.506. The van der Waals surface area contributed by atoms with Crippen LogP contribution in [-0.2, 0) is 19.1 Å². The second-order valence-corrected chi connectivity index (χ2v) is 5.92. The van der Waals surface area contributed by atoms with Gasteiger partial charge in [-0.1, -0.05) is 42.5 Å². The zero-order valence-corrected chi connectivity index (χ0v) is 14.4. The third kappa shape index (κ3) is 3.44. The van der Waals surface area contributed by atoms with Crippen LogP contribution in [0, 0.1) is 5.82 Å². The van der Waals surface area contributed by atoms with Crippen LogP contribution >= 0.6 is 0 Å². The maximum absolute atomic E-state index is 13.8. The van der Waals surface area contributed by atoms with Crippen LogP contribution in [-0.4, -0.2) is 41.3 Å². The number of methoxy groups -OCH3 is 1. The quantitative estimate of drug-likeness (QED) is 0.387. The van der Waals surface area contributed by atoms with Crippen LogP contribution in [0.2, 0.25) is 0 Å². The van der Waals surface area contributed by atoms with E-state index in [0.717, 1.165) is 18.1 Å². The molecule has 138 valence electrons. The molecule has 0 bridgehead atoms. The first kappa shape index (κ1) is 18.3. The summed E-state index contributed by atoms with van der Waals surface area (Å²) in [5.41, 5.74) is 0.381. The molecule has 0 aromatic heterocycles. The van der Waals surface area contributed by atoms with Crippen molar-refractivity contribution in [1.82, 2.24) is 4.90 Å². The third-order valence-corrected chi connectivity index (χ3v) is 4.28. The first-order valence-corrected chi connectivity index (χ1v) is 8.10. The van der Waals surface area contributed by atoms with Crippen molar-refractivity contribution in [3.8, 4) is 0 Å². The topological polar surface area (TPSA) is 83.9 Å². The van der Waals surface area contributed by atoms with E-state index in [0.29, 0.717) is 5.56 Å². The van der Waals surface area contributed by atoms with Gasteiger partial charge < -0.3 is 14.7 Å². The summed E-state index contributed by atoms with van der Waals surface area (Å²) in [4.78, 5) is 37.8. The van der Waals surface area contributed by atoms with Gasteiger partial charge >= 0.3 is 5.97 Å². The van der Waals surface area contributed by atoms with Gasteiger partial charge in [0.1, 0.15) is 18.1 Å². The maximum Gasteiger partial charge on any atom is 0.325 e. The average Bonchev–Trinajstić information content (AvgIpc) is 2.93. The second kappa shape index (κ2) is 7.41. The lowest BCUT2D eigenvalue weighted by Crippen LogP contribution is -2.35. The Bertz CT molecular complexity index is 938. The number of hydrogen-bond donors (Lipinski definition) is 1. The molecular weight excluding hydrogens is 353 g/mol. The summed E-state index contributed by atoms with van der Waals surface area (Å²) >= 11 is 0. The predicted octanol–water partition coefficient (Wildman–Crippen LogP) is 2.42. The van der Waals surface area contributed by atoms with Gasteiger partial charge in [-0.05, 0) is 17.7 Å². The van der Waals surface area contributed by atoms with Gasteiger partial charge in [0, 0.05) is 5.56 Å². The summed E-state index contributed by atoms with van der Waals surface area (Å²) in [6, 6.07) is 12.4.